The van der Waals surface area contributed by atoms with E-state index in [2.05, 4.69) is 15.0 Å². The van der Waals surface area contributed by atoms with Crippen LogP contribution in [0.3, 0.4) is 0 Å². The molecule has 6 heteroatoms. The van der Waals surface area contributed by atoms with Crippen molar-refractivity contribution >= 4 is 11.1 Å². The molecular weight excluding hydrogens is 232 g/mol. The van der Waals surface area contributed by atoms with E-state index < -0.39 is 5.76 Å². The maximum atomic E-state index is 11.0. The van der Waals surface area contributed by atoms with Gasteiger partial charge in [-0.25, -0.2) is 14.8 Å². The van der Waals surface area contributed by atoms with Crippen molar-refractivity contribution in [2.75, 3.05) is 0 Å². The smallest absolute Gasteiger partial charge is 0.408 e. The number of oxazole rings is 1. The average molecular weight is 238 g/mol. The van der Waals surface area contributed by atoms with Gasteiger partial charge in [-0.3, -0.25) is 4.98 Å². The van der Waals surface area contributed by atoms with Crippen molar-refractivity contribution in [3.63, 3.8) is 0 Å². The highest BCUT2D eigenvalue weighted by molar-refractivity contribution is 5.78. The van der Waals surface area contributed by atoms with Crippen molar-refractivity contribution in [3.8, 4) is 17.3 Å². The summed E-state index contributed by atoms with van der Waals surface area (Å²) in [6.07, 6.45) is 1.51. The summed E-state index contributed by atoms with van der Waals surface area (Å²) < 4.78 is 4.97. The molecular formula is C12H6N4O2. The van der Waals surface area contributed by atoms with Gasteiger partial charge in [0, 0.05) is 11.8 Å². The monoisotopic (exact) mass is 238 g/mol. The Morgan fingerprint density at radius 3 is 3.06 bits per heavy atom. The lowest BCUT2D eigenvalue weighted by molar-refractivity contribution is 0.555. The number of rotatable bonds is 1. The van der Waals surface area contributed by atoms with E-state index in [1.165, 1.54) is 6.20 Å². The van der Waals surface area contributed by atoms with Crippen LogP contribution in [-0.4, -0.2) is 15.0 Å². The zero-order valence-electron chi connectivity index (χ0n) is 9.04. The first-order chi connectivity index (χ1) is 8.76. The second-order valence-corrected chi connectivity index (χ2v) is 3.60. The third kappa shape index (κ3) is 1.64. The number of benzene rings is 1. The first-order valence-electron chi connectivity index (χ1n) is 5.13. The maximum Gasteiger partial charge on any atom is 0.417 e. The highest BCUT2D eigenvalue weighted by atomic mass is 16.4. The average Bonchev–Trinajstić information content (AvgIpc) is 2.77. The van der Waals surface area contributed by atoms with Crippen LogP contribution in [-0.2, 0) is 0 Å². The third-order valence-corrected chi connectivity index (χ3v) is 2.47. The largest absolute Gasteiger partial charge is 0.417 e. The molecule has 3 rings (SSSR count). The molecule has 2 heterocycles. The number of nitrogens with one attached hydrogen (secondary N) is 1. The molecule has 0 saturated heterocycles. The first kappa shape index (κ1) is 10.2. The molecule has 0 spiro atoms. The number of aromatic nitrogens is 3. The van der Waals surface area contributed by atoms with Crippen molar-refractivity contribution in [2.45, 2.75) is 0 Å². The van der Waals surface area contributed by atoms with E-state index in [4.69, 9.17) is 9.68 Å². The lowest BCUT2D eigenvalue weighted by Crippen LogP contribution is -1.92. The van der Waals surface area contributed by atoms with Crippen LogP contribution >= 0.6 is 0 Å². The van der Waals surface area contributed by atoms with E-state index >= 15 is 0 Å². The minimum absolute atomic E-state index is 0.100. The quantitative estimate of drug-likeness (QED) is 0.692. The van der Waals surface area contributed by atoms with E-state index in [0.717, 1.165) is 5.56 Å². The Kier molecular flexibility index (Phi) is 2.17. The summed E-state index contributed by atoms with van der Waals surface area (Å²) in [5, 5.41) is 8.74. The second-order valence-electron chi connectivity index (χ2n) is 3.60. The van der Waals surface area contributed by atoms with Gasteiger partial charge in [-0.2, -0.15) is 5.26 Å². The molecule has 0 aliphatic heterocycles. The normalized spacial score (nSPS) is 10.4. The first-order valence-corrected chi connectivity index (χ1v) is 5.13. The lowest BCUT2D eigenvalue weighted by atomic mass is 10.1. The van der Waals surface area contributed by atoms with E-state index in [1.54, 1.807) is 24.3 Å². The highest BCUT2D eigenvalue weighted by Gasteiger charge is 2.06. The lowest BCUT2D eigenvalue weighted by Gasteiger charge is -1.99. The molecule has 18 heavy (non-hydrogen) atoms. The summed E-state index contributed by atoms with van der Waals surface area (Å²) in [5.74, 6) is -0.398. The zero-order valence-corrected chi connectivity index (χ0v) is 9.04. The van der Waals surface area contributed by atoms with Gasteiger partial charge in [0.2, 0.25) is 5.82 Å². The molecule has 0 atom stereocenters. The summed E-state index contributed by atoms with van der Waals surface area (Å²) in [4.78, 5) is 21.5. The van der Waals surface area contributed by atoms with Gasteiger partial charge in [0.05, 0.1) is 11.2 Å². The van der Waals surface area contributed by atoms with Crippen LogP contribution in [0.1, 0.15) is 5.82 Å². The molecule has 0 saturated carbocycles. The summed E-state index contributed by atoms with van der Waals surface area (Å²) in [6, 6.07) is 8.77. The highest BCUT2D eigenvalue weighted by Crippen LogP contribution is 2.21. The van der Waals surface area contributed by atoms with Crippen LogP contribution < -0.4 is 5.76 Å². The molecule has 0 amide bonds. The van der Waals surface area contributed by atoms with Gasteiger partial charge >= 0.3 is 5.76 Å². The minimum Gasteiger partial charge on any atom is -0.408 e. The third-order valence-electron chi connectivity index (χ3n) is 2.47. The van der Waals surface area contributed by atoms with Crippen LogP contribution in [0.4, 0.5) is 0 Å². The Labute approximate surface area is 101 Å². The summed E-state index contributed by atoms with van der Waals surface area (Å²) >= 11 is 0. The van der Waals surface area contributed by atoms with Crippen LogP contribution in [0, 0.1) is 11.3 Å². The molecule has 0 aliphatic rings. The van der Waals surface area contributed by atoms with Crippen LogP contribution in [0.15, 0.2) is 39.7 Å². The molecule has 1 aromatic carbocycles. The number of fused-ring (bicyclic) bond motifs is 1. The molecule has 6 nitrogen and oxygen atoms in total. The van der Waals surface area contributed by atoms with Gasteiger partial charge in [0.25, 0.3) is 0 Å². The van der Waals surface area contributed by atoms with Crippen LogP contribution in [0.5, 0.6) is 0 Å². The molecule has 0 fully saturated rings. The van der Waals surface area contributed by atoms with Crippen LogP contribution in [0.25, 0.3) is 22.4 Å². The Balaban J connectivity index is 2.18. The Morgan fingerprint density at radius 2 is 2.22 bits per heavy atom. The van der Waals surface area contributed by atoms with Crippen molar-refractivity contribution in [1.29, 1.82) is 5.26 Å². The zero-order chi connectivity index (χ0) is 12.5. The minimum atomic E-state index is -0.498. The van der Waals surface area contributed by atoms with Crippen LogP contribution in [0.2, 0.25) is 0 Å². The summed E-state index contributed by atoms with van der Waals surface area (Å²) in [6.45, 7) is 0. The van der Waals surface area contributed by atoms with Gasteiger partial charge in [0.1, 0.15) is 6.07 Å². The second kappa shape index (κ2) is 3.82. The Bertz CT molecular complexity index is 826. The molecule has 0 radical (unpaired) electrons. The van der Waals surface area contributed by atoms with Crippen molar-refractivity contribution in [3.05, 3.63) is 46.8 Å². The molecule has 1 N–H and O–H groups in total. The summed E-state index contributed by atoms with van der Waals surface area (Å²) in [5.41, 5.74) is 2.43. The Hall–Kier alpha value is -2.94. The van der Waals surface area contributed by atoms with Crippen molar-refractivity contribution in [2.24, 2.45) is 0 Å². The van der Waals surface area contributed by atoms with Gasteiger partial charge < -0.3 is 4.42 Å². The molecule has 0 aliphatic carbocycles. The van der Waals surface area contributed by atoms with E-state index in [1.807, 2.05) is 6.07 Å². The van der Waals surface area contributed by atoms with Crippen molar-refractivity contribution in [1.82, 2.24) is 15.0 Å². The number of hydrogen-bond donors (Lipinski definition) is 1. The fraction of sp³-hybridized carbons (Fsp3) is 0. The predicted molar refractivity (Wildman–Crippen MR) is 62.6 cm³/mol. The number of H-pyrrole nitrogens is 1. The fourth-order valence-electron chi connectivity index (χ4n) is 1.68. The van der Waals surface area contributed by atoms with Gasteiger partial charge in [0.15, 0.2) is 5.58 Å². The molecule has 0 unspecified atom stereocenters. The SMILES string of the molecule is N#Cc1nccc(-c2ccc3[nH]c(=O)oc3c2)n1. The Morgan fingerprint density at radius 1 is 1.33 bits per heavy atom. The van der Waals surface area contributed by atoms with E-state index in [9.17, 15) is 4.79 Å². The number of aromatic amines is 1. The van der Waals surface area contributed by atoms with Gasteiger partial charge in [-0.05, 0) is 18.2 Å². The number of nitriles is 1. The van der Waals surface area contributed by atoms with E-state index in [-0.39, 0.29) is 5.82 Å². The number of hydrogen-bond acceptors (Lipinski definition) is 5. The predicted octanol–water partition coefficient (Wildman–Crippen LogP) is 1.45. The van der Waals surface area contributed by atoms with Gasteiger partial charge in [-0.1, -0.05) is 6.07 Å². The standard InChI is InChI=1S/C12H6N4O2/c13-6-11-14-4-3-8(15-11)7-1-2-9-10(5-7)18-12(17)16-9/h1-5H,(H,16,17). The topological polar surface area (TPSA) is 95.6 Å². The molecule has 2 aromatic heterocycles. The maximum absolute atomic E-state index is 11.0. The fourth-order valence-corrected chi connectivity index (χ4v) is 1.68. The van der Waals surface area contributed by atoms with E-state index in [0.29, 0.717) is 16.8 Å². The van der Waals surface area contributed by atoms with Crippen molar-refractivity contribution < 1.29 is 4.42 Å². The molecule has 0 bridgehead atoms. The molecule has 3 aromatic rings. The number of nitrogens with zero attached hydrogens (tertiary/aromatic N) is 3. The van der Waals surface area contributed by atoms with Gasteiger partial charge in [-0.15, -0.1) is 0 Å². The molecule has 86 valence electrons. The summed E-state index contributed by atoms with van der Waals surface area (Å²) in [7, 11) is 0.